The Morgan fingerprint density at radius 2 is 2.12 bits per heavy atom. The molecule has 1 aromatic heterocycles. The molecule has 6 heteroatoms. The fourth-order valence-corrected chi connectivity index (χ4v) is 2.67. The molecule has 5 nitrogen and oxygen atoms in total. The van der Waals surface area contributed by atoms with Crippen LogP contribution in [0, 0.1) is 5.82 Å². The van der Waals surface area contributed by atoms with Gasteiger partial charge in [-0.05, 0) is 42.7 Å². The zero-order valence-corrected chi connectivity index (χ0v) is 13.3. The Morgan fingerprint density at radius 1 is 1.29 bits per heavy atom. The van der Waals surface area contributed by atoms with Crippen LogP contribution in [0.5, 0.6) is 0 Å². The molecule has 1 aliphatic heterocycles. The number of hydrogen-bond donors (Lipinski definition) is 2. The minimum Gasteiger partial charge on any atom is -0.376 e. The maximum atomic E-state index is 12.9. The molecule has 0 bridgehead atoms. The van der Waals surface area contributed by atoms with E-state index in [0.29, 0.717) is 24.5 Å². The second-order valence-corrected chi connectivity index (χ2v) is 5.78. The van der Waals surface area contributed by atoms with Gasteiger partial charge in [-0.25, -0.2) is 9.37 Å². The van der Waals surface area contributed by atoms with Gasteiger partial charge in [0.05, 0.1) is 12.3 Å². The summed E-state index contributed by atoms with van der Waals surface area (Å²) < 4.78 is 18.5. The van der Waals surface area contributed by atoms with Crippen LogP contribution in [0.15, 0.2) is 42.6 Å². The number of H-pyrrole nitrogens is 1. The molecule has 24 heavy (non-hydrogen) atoms. The molecular formula is C18H21FN3O2+. The van der Waals surface area contributed by atoms with Crippen molar-refractivity contribution in [2.75, 3.05) is 18.5 Å². The van der Waals surface area contributed by atoms with E-state index in [0.717, 1.165) is 25.0 Å². The van der Waals surface area contributed by atoms with E-state index in [1.807, 2.05) is 0 Å². The Hall–Kier alpha value is -2.47. The van der Waals surface area contributed by atoms with Gasteiger partial charge >= 0.3 is 0 Å². The lowest BCUT2D eigenvalue weighted by Gasteiger charge is -2.11. The van der Waals surface area contributed by atoms with Crippen molar-refractivity contribution >= 4 is 11.7 Å². The molecule has 3 rings (SSSR count). The van der Waals surface area contributed by atoms with E-state index in [9.17, 15) is 9.18 Å². The summed E-state index contributed by atoms with van der Waals surface area (Å²) in [6, 6.07) is 9.80. The van der Waals surface area contributed by atoms with Crippen molar-refractivity contribution in [3.8, 4) is 0 Å². The number of hydrogen-bond acceptors (Lipinski definition) is 3. The molecule has 1 saturated heterocycles. The number of aromatic nitrogens is 1. The molecule has 1 atom stereocenters. The van der Waals surface area contributed by atoms with Crippen LogP contribution in [-0.2, 0) is 11.3 Å². The Balaban J connectivity index is 1.61. The molecule has 2 heterocycles. The molecular weight excluding hydrogens is 309 g/mol. The molecule has 2 aromatic rings. The molecule has 1 aliphatic rings. The normalized spacial score (nSPS) is 16.8. The highest BCUT2D eigenvalue weighted by Crippen LogP contribution is 2.13. The lowest BCUT2D eigenvalue weighted by Crippen LogP contribution is -2.33. The first-order valence-electron chi connectivity index (χ1n) is 8.11. The number of anilines is 1. The molecule has 1 aromatic carbocycles. The zero-order chi connectivity index (χ0) is 16.8. The molecule has 126 valence electrons. The second-order valence-electron chi connectivity index (χ2n) is 5.78. The minimum atomic E-state index is -0.265. The number of carbonyl (C=O) groups excluding carboxylic acids is 1. The van der Waals surface area contributed by atoms with Gasteiger partial charge in [0.1, 0.15) is 17.9 Å². The van der Waals surface area contributed by atoms with Crippen molar-refractivity contribution < 1.29 is 18.9 Å². The SMILES string of the molecule is O=C(NC[C@H]1CCCO1)c1ccc[nH+]c1NCc1ccc(F)cc1. The van der Waals surface area contributed by atoms with Gasteiger partial charge in [-0.1, -0.05) is 12.1 Å². The highest BCUT2D eigenvalue weighted by atomic mass is 19.1. The molecule has 1 fully saturated rings. The molecule has 0 saturated carbocycles. The third-order valence-electron chi connectivity index (χ3n) is 4.00. The van der Waals surface area contributed by atoms with Crippen LogP contribution in [-0.4, -0.2) is 25.2 Å². The van der Waals surface area contributed by atoms with E-state index in [-0.39, 0.29) is 17.8 Å². The van der Waals surface area contributed by atoms with E-state index < -0.39 is 0 Å². The molecule has 0 spiro atoms. The number of nitrogens with one attached hydrogen (secondary N) is 3. The predicted octanol–water partition coefficient (Wildman–Crippen LogP) is 2.16. The third kappa shape index (κ3) is 4.29. The summed E-state index contributed by atoms with van der Waals surface area (Å²) in [6.45, 7) is 1.78. The lowest BCUT2D eigenvalue weighted by atomic mass is 10.2. The minimum absolute atomic E-state index is 0.109. The summed E-state index contributed by atoms with van der Waals surface area (Å²) in [5.74, 6) is 0.217. The van der Waals surface area contributed by atoms with Gasteiger partial charge in [-0.15, -0.1) is 0 Å². The molecule has 0 radical (unpaired) electrons. The molecule has 0 unspecified atom stereocenters. The van der Waals surface area contributed by atoms with Crippen molar-refractivity contribution in [1.29, 1.82) is 0 Å². The number of benzene rings is 1. The van der Waals surface area contributed by atoms with Gasteiger partial charge in [0.15, 0.2) is 0 Å². The van der Waals surface area contributed by atoms with Crippen molar-refractivity contribution in [2.45, 2.75) is 25.5 Å². The van der Waals surface area contributed by atoms with Gasteiger partial charge in [-0.3, -0.25) is 10.1 Å². The summed E-state index contributed by atoms with van der Waals surface area (Å²) in [5, 5.41) is 6.10. The first kappa shape index (κ1) is 16.4. The van der Waals surface area contributed by atoms with Crippen molar-refractivity contribution in [3.05, 3.63) is 59.5 Å². The average Bonchev–Trinajstić information content (AvgIpc) is 3.13. The van der Waals surface area contributed by atoms with Crippen LogP contribution >= 0.6 is 0 Å². The van der Waals surface area contributed by atoms with Crippen LogP contribution in [0.25, 0.3) is 0 Å². The largest absolute Gasteiger partial charge is 0.376 e. The maximum absolute atomic E-state index is 12.9. The summed E-state index contributed by atoms with van der Waals surface area (Å²) >= 11 is 0. The Kier molecular flexibility index (Phi) is 5.38. The number of ether oxygens (including phenoxy) is 1. The first-order chi connectivity index (χ1) is 11.7. The summed E-state index contributed by atoms with van der Waals surface area (Å²) in [5.41, 5.74) is 1.47. The van der Waals surface area contributed by atoms with E-state index in [1.54, 1.807) is 30.5 Å². The Bertz CT molecular complexity index is 685. The molecule has 3 N–H and O–H groups in total. The van der Waals surface area contributed by atoms with Gasteiger partial charge in [-0.2, -0.15) is 0 Å². The van der Waals surface area contributed by atoms with Crippen LogP contribution in [0.1, 0.15) is 28.8 Å². The summed E-state index contributed by atoms with van der Waals surface area (Å²) in [7, 11) is 0. The van der Waals surface area contributed by atoms with Crippen molar-refractivity contribution in [3.63, 3.8) is 0 Å². The first-order valence-corrected chi connectivity index (χ1v) is 8.11. The number of amides is 1. The smallest absolute Gasteiger partial charge is 0.285 e. The summed E-state index contributed by atoms with van der Waals surface area (Å²) in [4.78, 5) is 15.5. The second kappa shape index (κ2) is 7.88. The molecule has 1 amide bonds. The van der Waals surface area contributed by atoms with E-state index in [4.69, 9.17) is 4.74 Å². The Labute approximate surface area is 140 Å². The highest BCUT2D eigenvalue weighted by molar-refractivity contribution is 5.98. The number of carbonyl (C=O) groups is 1. The van der Waals surface area contributed by atoms with E-state index in [1.165, 1.54) is 12.1 Å². The topological polar surface area (TPSA) is 64.5 Å². The van der Waals surface area contributed by atoms with Crippen molar-refractivity contribution in [1.82, 2.24) is 5.32 Å². The number of halogens is 1. The quantitative estimate of drug-likeness (QED) is 0.853. The standard InChI is InChI=1S/C18H20FN3O2/c19-14-7-5-13(6-8-14)11-21-17-16(4-1-9-20-17)18(23)22-12-15-3-2-10-24-15/h1,4-9,15H,2-3,10-12H2,(H,20,21)(H,22,23)/p+1/t15-/m1/s1. The Morgan fingerprint density at radius 3 is 2.88 bits per heavy atom. The van der Waals surface area contributed by atoms with Gasteiger partial charge in [0, 0.05) is 13.2 Å². The van der Waals surface area contributed by atoms with Crippen LogP contribution in [0.4, 0.5) is 10.2 Å². The fraction of sp³-hybridized carbons (Fsp3) is 0.333. The fourth-order valence-electron chi connectivity index (χ4n) is 2.67. The predicted molar refractivity (Wildman–Crippen MR) is 88.0 cm³/mol. The number of pyridine rings is 1. The summed E-state index contributed by atoms with van der Waals surface area (Å²) in [6.07, 6.45) is 3.89. The monoisotopic (exact) mass is 330 g/mol. The van der Waals surface area contributed by atoms with E-state index in [2.05, 4.69) is 15.6 Å². The third-order valence-corrected chi connectivity index (χ3v) is 4.00. The zero-order valence-electron chi connectivity index (χ0n) is 13.3. The lowest BCUT2D eigenvalue weighted by molar-refractivity contribution is -0.361. The number of aromatic amines is 1. The van der Waals surface area contributed by atoms with Gasteiger partial charge in [0.2, 0.25) is 0 Å². The van der Waals surface area contributed by atoms with Crippen LogP contribution in [0.3, 0.4) is 0 Å². The van der Waals surface area contributed by atoms with Crippen LogP contribution < -0.4 is 15.6 Å². The van der Waals surface area contributed by atoms with Gasteiger partial charge in [0.25, 0.3) is 11.7 Å². The van der Waals surface area contributed by atoms with Gasteiger partial charge < -0.3 is 10.1 Å². The maximum Gasteiger partial charge on any atom is 0.285 e. The van der Waals surface area contributed by atoms with E-state index >= 15 is 0 Å². The molecule has 0 aliphatic carbocycles. The van der Waals surface area contributed by atoms with Crippen molar-refractivity contribution in [2.24, 2.45) is 0 Å². The average molecular weight is 330 g/mol. The van der Waals surface area contributed by atoms with Crippen LogP contribution in [0.2, 0.25) is 0 Å². The number of rotatable bonds is 6. The highest BCUT2D eigenvalue weighted by Gasteiger charge is 2.20.